The molecule has 0 aliphatic heterocycles. The quantitative estimate of drug-likeness (QED) is 0.699. The predicted molar refractivity (Wildman–Crippen MR) is 72.0 cm³/mol. The maximum absolute atomic E-state index is 13.3. The minimum absolute atomic E-state index is 0.205. The lowest BCUT2D eigenvalue weighted by atomic mass is 10.0. The molecule has 2 aromatic carbocycles. The van der Waals surface area contributed by atoms with Gasteiger partial charge in [0.25, 0.3) is 5.24 Å². The van der Waals surface area contributed by atoms with Crippen LogP contribution in [0.1, 0.15) is 10.4 Å². The molecule has 5 heteroatoms. The van der Waals surface area contributed by atoms with Gasteiger partial charge in [0.1, 0.15) is 5.82 Å². The van der Waals surface area contributed by atoms with Crippen LogP contribution in [0.25, 0.3) is 11.1 Å². The SMILES string of the molecule is O=C(Cl)c1ccc(F)cc1-c1cc(Cl)cc(Cl)c1. The minimum atomic E-state index is -0.666. The molecule has 0 atom stereocenters. The predicted octanol–water partition coefficient (Wildman–Crippen LogP) is 5.18. The van der Waals surface area contributed by atoms with Gasteiger partial charge < -0.3 is 0 Å². The van der Waals surface area contributed by atoms with Gasteiger partial charge in [-0.15, -0.1) is 0 Å². The molecule has 0 amide bonds. The molecule has 92 valence electrons. The van der Waals surface area contributed by atoms with Gasteiger partial charge in [-0.2, -0.15) is 0 Å². The van der Waals surface area contributed by atoms with E-state index in [9.17, 15) is 9.18 Å². The normalized spacial score (nSPS) is 10.4. The van der Waals surface area contributed by atoms with Crippen molar-refractivity contribution in [1.29, 1.82) is 0 Å². The second kappa shape index (κ2) is 5.27. The average Bonchev–Trinajstić information content (AvgIpc) is 2.27. The maximum atomic E-state index is 13.3. The second-order valence-electron chi connectivity index (χ2n) is 3.62. The van der Waals surface area contributed by atoms with Gasteiger partial charge >= 0.3 is 0 Å². The molecule has 0 N–H and O–H groups in total. The Hall–Kier alpha value is -1.09. The van der Waals surface area contributed by atoms with E-state index in [1.807, 2.05) is 0 Å². The van der Waals surface area contributed by atoms with Gasteiger partial charge in [0.2, 0.25) is 0 Å². The lowest BCUT2D eigenvalue weighted by Gasteiger charge is -2.08. The first-order valence-corrected chi connectivity index (χ1v) is 6.06. The highest BCUT2D eigenvalue weighted by atomic mass is 35.5. The first-order valence-electron chi connectivity index (χ1n) is 4.93. The van der Waals surface area contributed by atoms with Crippen molar-refractivity contribution in [2.45, 2.75) is 0 Å². The largest absolute Gasteiger partial charge is 0.276 e. The summed E-state index contributed by atoms with van der Waals surface area (Å²) in [5.74, 6) is -0.470. The Morgan fingerprint density at radius 1 is 1.00 bits per heavy atom. The van der Waals surface area contributed by atoms with Gasteiger partial charge in [-0.25, -0.2) is 4.39 Å². The summed E-state index contributed by atoms with van der Waals surface area (Å²) in [6.07, 6.45) is 0. The van der Waals surface area contributed by atoms with Crippen molar-refractivity contribution in [2.75, 3.05) is 0 Å². The fourth-order valence-corrected chi connectivity index (χ4v) is 2.33. The Balaban J connectivity index is 2.68. The van der Waals surface area contributed by atoms with Gasteiger partial charge in [-0.3, -0.25) is 4.79 Å². The van der Waals surface area contributed by atoms with Gasteiger partial charge in [-0.05, 0) is 59.1 Å². The van der Waals surface area contributed by atoms with Crippen LogP contribution in [0.5, 0.6) is 0 Å². The molecule has 0 heterocycles. The van der Waals surface area contributed by atoms with E-state index in [4.69, 9.17) is 34.8 Å². The summed E-state index contributed by atoms with van der Waals surface area (Å²) in [6, 6.07) is 8.45. The van der Waals surface area contributed by atoms with Crippen molar-refractivity contribution in [2.24, 2.45) is 0 Å². The topological polar surface area (TPSA) is 17.1 Å². The summed E-state index contributed by atoms with van der Waals surface area (Å²) in [5.41, 5.74) is 1.10. The standard InChI is InChI=1S/C13H6Cl3FO/c14-8-3-7(4-9(15)5-8)12-6-10(17)1-2-11(12)13(16)18/h1-6H. The smallest absolute Gasteiger partial charge is 0.253 e. The lowest BCUT2D eigenvalue weighted by Crippen LogP contribution is -1.95. The van der Waals surface area contributed by atoms with Gasteiger partial charge in [0.15, 0.2) is 0 Å². The fraction of sp³-hybridized carbons (Fsp3) is 0. The Morgan fingerprint density at radius 3 is 2.17 bits per heavy atom. The van der Waals surface area contributed by atoms with Crippen LogP contribution in [0.15, 0.2) is 36.4 Å². The summed E-state index contributed by atoms with van der Waals surface area (Å²) < 4.78 is 13.3. The van der Waals surface area contributed by atoms with Crippen molar-refractivity contribution < 1.29 is 9.18 Å². The Labute approximate surface area is 118 Å². The molecule has 0 bridgehead atoms. The van der Waals surface area contributed by atoms with Crippen LogP contribution in [0.4, 0.5) is 4.39 Å². The van der Waals surface area contributed by atoms with E-state index in [1.54, 1.807) is 18.2 Å². The molecule has 0 saturated heterocycles. The Morgan fingerprint density at radius 2 is 1.61 bits per heavy atom. The molecule has 0 aliphatic carbocycles. The van der Waals surface area contributed by atoms with Crippen molar-refractivity contribution in [3.05, 3.63) is 57.8 Å². The van der Waals surface area contributed by atoms with E-state index >= 15 is 0 Å². The minimum Gasteiger partial charge on any atom is -0.276 e. The highest BCUT2D eigenvalue weighted by Crippen LogP contribution is 2.30. The van der Waals surface area contributed by atoms with Crippen molar-refractivity contribution in [3.63, 3.8) is 0 Å². The highest BCUT2D eigenvalue weighted by Gasteiger charge is 2.13. The number of halogens is 4. The van der Waals surface area contributed by atoms with Gasteiger partial charge in [0.05, 0.1) is 0 Å². The summed E-state index contributed by atoms with van der Waals surface area (Å²) in [5, 5.41) is 0.130. The van der Waals surface area contributed by atoms with E-state index in [-0.39, 0.29) is 5.56 Å². The first-order chi connectivity index (χ1) is 8.47. The highest BCUT2D eigenvalue weighted by molar-refractivity contribution is 6.68. The Bertz CT molecular complexity index is 605. The molecule has 18 heavy (non-hydrogen) atoms. The van der Waals surface area contributed by atoms with E-state index in [0.29, 0.717) is 21.2 Å². The molecular formula is C13H6Cl3FO. The summed E-state index contributed by atoms with van der Waals surface area (Å²) in [4.78, 5) is 11.3. The molecule has 1 nitrogen and oxygen atoms in total. The van der Waals surface area contributed by atoms with E-state index in [0.717, 1.165) is 0 Å². The fourth-order valence-electron chi connectivity index (χ4n) is 1.64. The van der Waals surface area contributed by atoms with Crippen molar-refractivity contribution in [1.82, 2.24) is 0 Å². The van der Waals surface area contributed by atoms with Crippen LogP contribution >= 0.6 is 34.8 Å². The Kier molecular flexibility index (Phi) is 3.91. The molecular weight excluding hydrogens is 297 g/mol. The van der Waals surface area contributed by atoms with Crippen LogP contribution in [0.3, 0.4) is 0 Å². The third-order valence-electron chi connectivity index (χ3n) is 2.37. The summed E-state index contributed by atoms with van der Waals surface area (Å²) in [7, 11) is 0. The molecule has 0 saturated carbocycles. The number of hydrogen-bond donors (Lipinski definition) is 0. The molecule has 0 spiro atoms. The van der Waals surface area contributed by atoms with Crippen molar-refractivity contribution in [3.8, 4) is 11.1 Å². The van der Waals surface area contributed by atoms with Crippen LogP contribution in [0.2, 0.25) is 10.0 Å². The molecule has 0 fully saturated rings. The third-order valence-corrected chi connectivity index (χ3v) is 3.01. The number of benzene rings is 2. The molecule has 2 aromatic rings. The zero-order valence-electron chi connectivity index (χ0n) is 8.88. The zero-order valence-corrected chi connectivity index (χ0v) is 11.2. The van der Waals surface area contributed by atoms with Gasteiger partial charge in [-0.1, -0.05) is 23.2 Å². The van der Waals surface area contributed by atoms with E-state index in [1.165, 1.54) is 18.2 Å². The number of carbonyl (C=O) groups excluding carboxylic acids is 1. The maximum Gasteiger partial charge on any atom is 0.253 e. The van der Waals surface area contributed by atoms with Crippen LogP contribution in [0, 0.1) is 5.82 Å². The summed E-state index contributed by atoms with van der Waals surface area (Å²) in [6.45, 7) is 0. The van der Waals surface area contributed by atoms with E-state index in [2.05, 4.69) is 0 Å². The number of carbonyl (C=O) groups is 1. The monoisotopic (exact) mass is 302 g/mol. The number of hydrogen-bond acceptors (Lipinski definition) is 1. The molecule has 0 aromatic heterocycles. The molecule has 2 rings (SSSR count). The van der Waals surface area contributed by atoms with Crippen molar-refractivity contribution >= 4 is 40.0 Å². The van der Waals surface area contributed by atoms with Crippen LogP contribution in [-0.4, -0.2) is 5.24 Å². The molecule has 0 unspecified atom stereocenters. The zero-order chi connectivity index (χ0) is 13.3. The van der Waals surface area contributed by atoms with Gasteiger partial charge in [0, 0.05) is 15.6 Å². The average molecular weight is 304 g/mol. The number of rotatable bonds is 2. The van der Waals surface area contributed by atoms with E-state index < -0.39 is 11.1 Å². The lowest BCUT2D eigenvalue weighted by molar-refractivity contribution is 0.108. The molecule has 0 radical (unpaired) electrons. The first kappa shape index (κ1) is 13.3. The second-order valence-corrected chi connectivity index (χ2v) is 4.84. The molecule has 0 aliphatic rings. The van der Waals surface area contributed by atoms with Crippen LogP contribution in [-0.2, 0) is 0 Å². The summed E-state index contributed by atoms with van der Waals surface area (Å²) >= 11 is 17.2. The van der Waals surface area contributed by atoms with Crippen LogP contribution < -0.4 is 0 Å². The third kappa shape index (κ3) is 2.83.